The zero-order valence-corrected chi connectivity index (χ0v) is 12.2. The van der Waals surface area contributed by atoms with Crippen molar-refractivity contribution < 1.29 is 9.47 Å². The second-order valence-electron chi connectivity index (χ2n) is 5.70. The van der Waals surface area contributed by atoms with Gasteiger partial charge in [0.2, 0.25) is 0 Å². The van der Waals surface area contributed by atoms with E-state index in [1.807, 2.05) is 6.92 Å². The molecule has 1 aromatic rings. The molecular weight excluding hydrogens is 238 g/mol. The minimum atomic E-state index is 0.145. The van der Waals surface area contributed by atoms with E-state index in [1.54, 1.807) is 0 Å². The number of hydrogen-bond donors (Lipinski definition) is 1. The Balaban J connectivity index is 2.01. The number of benzene rings is 1. The highest BCUT2D eigenvalue weighted by Gasteiger charge is 2.22. The molecule has 1 heterocycles. The fourth-order valence-corrected chi connectivity index (χ4v) is 2.61. The first-order chi connectivity index (χ1) is 9.06. The zero-order valence-electron chi connectivity index (χ0n) is 12.2. The number of ether oxygens (including phenoxy) is 2. The van der Waals surface area contributed by atoms with Gasteiger partial charge in [0, 0.05) is 6.04 Å². The van der Waals surface area contributed by atoms with Crippen molar-refractivity contribution in [1.29, 1.82) is 0 Å². The van der Waals surface area contributed by atoms with E-state index in [-0.39, 0.29) is 12.1 Å². The van der Waals surface area contributed by atoms with E-state index in [0.29, 0.717) is 12.7 Å². The van der Waals surface area contributed by atoms with E-state index in [0.717, 1.165) is 25.0 Å². The SMILES string of the molecule is Cc1cccc(CC(C)N)c1OCC1CCC(C)O1. The Morgan fingerprint density at radius 2 is 2.21 bits per heavy atom. The maximum atomic E-state index is 6.02. The van der Waals surface area contributed by atoms with Gasteiger partial charge in [-0.15, -0.1) is 0 Å². The van der Waals surface area contributed by atoms with E-state index in [9.17, 15) is 0 Å². The van der Waals surface area contributed by atoms with Crippen molar-refractivity contribution in [2.24, 2.45) is 5.73 Å². The molecule has 19 heavy (non-hydrogen) atoms. The standard InChI is InChI=1S/C16H25NO2/c1-11-5-4-6-14(9-12(2)17)16(11)18-10-15-8-7-13(3)19-15/h4-6,12-13,15H,7-10,17H2,1-3H3. The Bertz CT molecular complexity index is 417. The monoisotopic (exact) mass is 263 g/mol. The lowest BCUT2D eigenvalue weighted by Crippen LogP contribution is -2.21. The van der Waals surface area contributed by atoms with Crippen LogP contribution in [0.25, 0.3) is 0 Å². The average Bonchev–Trinajstić information content (AvgIpc) is 2.73. The van der Waals surface area contributed by atoms with Crippen LogP contribution in [0.1, 0.15) is 37.8 Å². The van der Waals surface area contributed by atoms with Crippen LogP contribution in [0.15, 0.2) is 18.2 Å². The van der Waals surface area contributed by atoms with Gasteiger partial charge in [0.05, 0.1) is 12.2 Å². The highest BCUT2D eigenvalue weighted by molar-refractivity contribution is 5.41. The molecule has 0 saturated carbocycles. The fourth-order valence-electron chi connectivity index (χ4n) is 2.61. The van der Waals surface area contributed by atoms with E-state index >= 15 is 0 Å². The smallest absolute Gasteiger partial charge is 0.125 e. The lowest BCUT2D eigenvalue weighted by atomic mass is 10.0. The minimum Gasteiger partial charge on any atom is -0.490 e. The summed E-state index contributed by atoms with van der Waals surface area (Å²) in [6, 6.07) is 6.39. The molecule has 0 radical (unpaired) electrons. The predicted octanol–water partition coefficient (Wildman–Crippen LogP) is 2.83. The lowest BCUT2D eigenvalue weighted by Gasteiger charge is -2.18. The van der Waals surface area contributed by atoms with Gasteiger partial charge >= 0.3 is 0 Å². The number of hydrogen-bond acceptors (Lipinski definition) is 3. The molecule has 2 N–H and O–H groups in total. The molecular formula is C16H25NO2. The van der Waals surface area contributed by atoms with Crippen molar-refractivity contribution >= 4 is 0 Å². The molecule has 3 heteroatoms. The van der Waals surface area contributed by atoms with Gasteiger partial charge < -0.3 is 15.2 Å². The molecule has 1 aliphatic rings. The van der Waals surface area contributed by atoms with Gasteiger partial charge in [-0.3, -0.25) is 0 Å². The summed E-state index contributed by atoms with van der Waals surface area (Å²) in [4.78, 5) is 0. The predicted molar refractivity (Wildman–Crippen MR) is 77.6 cm³/mol. The van der Waals surface area contributed by atoms with E-state index in [4.69, 9.17) is 15.2 Å². The summed E-state index contributed by atoms with van der Waals surface area (Å²) >= 11 is 0. The van der Waals surface area contributed by atoms with Crippen molar-refractivity contribution in [2.45, 2.75) is 58.3 Å². The third-order valence-corrected chi connectivity index (χ3v) is 3.57. The first-order valence-electron chi connectivity index (χ1n) is 7.18. The summed E-state index contributed by atoms with van der Waals surface area (Å²) in [6.07, 6.45) is 3.68. The molecule has 1 saturated heterocycles. The lowest BCUT2D eigenvalue weighted by molar-refractivity contribution is 0.0261. The van der Waals surface area contributed by atoms with Gasteiger partial charge in [0.1, 0.15) is 12.4 Å². The second-order valence-corrected chi connectivity index (χ2v) is 5.70. The van der Waals surface area contributed by atoms with Gasteiger partial charge in [0.25, 0.3) is 0 Å². The number of rotatable bonds is 5. The molecule has 0 bridgehead atoms. The molecule has 0 aliphatic carbocycles. The second kappa shape index (κ2) is 6.40. The highest BCUT2D eigenvalue weighted by atomic mass is 16.5. The molecule has 0 amide bonds. The van der Waals surface area contributed by atoms with Crippen LogP contribution in [0.3, 0.4) is 0 Å². The molecule has 3 unspecified atom stereocenters. The molecule has 1 fully saturated rings. The molecule has 0 aromatic heterocycles. The Hall–Kier alpha value is -1.06. The summed E-state index contributed by atoms with van der Waals surface area (Å²) in [5.41, 5.74) is 8.27. The van der Waals surface area contributed by atoms with Gasteiger partial charge in [-0.25, -0.2) is 0 Å². The first-order valence-corrected chi connectivity index (χ1v) is 7.18. The van der Waals surface area contributed by atoms with Crippen molar-refractivity contribution in [2.75, 3.05) is 6.61 Å². The van der Waals surface area contributed by atoms with E-state index in [1.165, 1.54) is 11.1 Å². The van der Waals surface area contributed by atoms with Crippen LogP contribution in [0.2, 0.25) is 0 Å². The Morgan fingerprint density at radius 3 is 2.84 bits per heavy atom. The van der Waals surface area contributed by atoms with Crippen LogP contribution < -0.4 is 10.5 Å². The van der Waals surface area contributed by atoms with Gasteiger partial charge in [-0.2, -0.15) is 0 Å². The van der Waals surface area contributed by atoms with E-state index < -0.39 is 0 Å². The van der Waals surface area contributed by atoms with Crippen LogP contribution in [0.4, 0.5) is 0 Å². The third kappa shape index (κ3) is 3.95. The summed E-state index contributed by atoms with van der Waals surface area (Å²) in [7, 11) is 0. The summed E-state index contributed by atoms with van der Waals surface area (Å²) in [5, 5.41) is 0. The molecule has 2 rings (SSSR count). The van der Waals surface area contributed by atoms with Crippen LogP contribution in [0.5, 0.6) is 5.75 Å². The average molecular weight is 263 g/mol. The molecule has 0 spiro atoms. The molecule has 3 nitrogen and oxygen atoms in total. The Morgan fingerprint density at radius 1 is 1.42 bits per heavy atom. The Kier molecular flexibility index (Phi) is 4.83. The normalized spacial score (nSPS) is 24.4. The number of nitrogens with two attached hydrogens (primary N) is 1. The Labute approximate surface area is 116 Å². The fraction of sp³-hybridized carbons (Fsp3) is 0.625. The number of aryl methyl sites for hydroxylation is 1. The third-order valence-electron chi connectivity index (χ3n) is 3.57. The quantitative estimate of drug-likeness (QED) is 0.888. The van der Waals surface area contributed by atoms with Crippen LogP contribution in [0, 0.1) is 6.92 Å². The molecule has 106 valence electrons. The van der Waals surface area contributed by atoms with Gasteiger partial charge in [0.15, 0.2) is 0 Å². The zero-order chi connectivity index (χ0) is 13.8. The van der Waals surface area contributed by atoms with Crippen LogP contribution >= 0.6 is 0 Å². The summed E-state index contributed by atoms with van der Waals surface area (Å²) < 4.78 is 11.8. The maximum Gasteiger partial charge on any atom is 0.125 e. The molecule has 1 aromatic carbocycles. The summed E-state index contributed by atoms with van der Waals surface area (Å²) in [5.74, 6) is 0.989. The van der Waals surface area contributed by atoms with Crippen molar-refractivity contribution in [3.8, 4) is 5.75 Å². The largest absolute Gasteiger partial charge is 0.490 e. The van der Waals surface area contributed by atoms with Gasteiger partial charge in [-0.05, 0) is 51.2 Å². The van der Waals surface area contributed by atoms with Gasteiger partial charge in [-0.1, -0.05) is 18.2 Å². The van der Waals surface area contributed by atoms with Crippen molar-refractivity contribution in [3.05, 3.63) is 29.3 Å². The van der Waals surface area contributed by atoms with E-state index in [2.05, 4.69) is 32.0 Å². The highest BCUT2D eigenvalue weighted by Crippen LogP contribution is 2.26. The molecule has 1 aliphatic heterocycles. The maximum absolute atomic E-state index is 6.02. The topological polar surface area (TPSA) is 44.5 Å². The minimum absolute atomic E-state index is 0.145. The first kappa shape index (κ1) is 14.4. The number of para-hydroxylation sites is 1. The molecule has 3 atom stereocenters. The van der Waals surface area contributed by atoms with Crippen molar-refractivity contribution in [1.82, 2.24) is 0 Å². The summed E-state index contributed by atoms with van der Waals surface area (Å²) in [6.45, 7) is 6.86. The van der Waals surface area contributed by atoms with Crippen molar-refractivity contribution in [3.63, 3.8) is 0 Å². The van der Waals surface area contributed by atoms with Crippen LogP contribution in [-0.4, -0.2) is 24.9 Å². The van der Waals surface area contributed by atoms with Crippen LogP contribution in [-0.2, 0) is 11.2 Å².